The third-order valence-electron chi connectivity index (χ3n) is 2.57. The molecule has 1 heterocycles. The van der Waals surface area contributed by atoms with E-state index in [9.17, 15) is 13.6 Å². The van der Waals surface area contributed by atoms with Crippen LogP contribution in [-0.4, -0.2) is 24.8 Å². The Bertz CT molecular complexity index is 409. The predicted molar refractivity (Wildman–Crippen MR) is 58.0 cm³/mol. The van der Waals surface area contributed by atoms with Gasteiger partial charge < -0.3 is 4.90 Å². The van der Waals surface area contributed by atoms with Crippen LogP contribution in [0.15, 0.2) is 24.3 Å². The van der Waals surface area contributed by atoms with E-state index in [0.717, 1.165) is 11.3 Å². The van der Waals surface area contributed by atoms with Gasteiger partial charge in [0.05, 0.1) is 13.1 Å². The topological polar surface area (TPSA) is 20.3 Å². The molecule has 86 valence electrons. The van der Waals surface area contributed by atoms with Gasteiger partial charge in [0.15, 0.2) is 0 Å². The summed E-state index contributed by atoms with van der Waals surface area (Å²) in [6.45, 7) is 1.07. The Morgan fingerprint density at radius 3 is 2.69 bits per heavy atom. The molecule has 2 rings (SSSR count). The molecule has 0 saturated carbocycles. The monoisotopic (exact) mass is 225 g/mol. The van der Waals surface area contributed by atoms with Gasteiger partial charge in [-0.15, -0.1) is 0 Å². The summed E-state index contributed by atoms with van der Waals surface area (Å²) in [4.78, 5) is 12.6. The zero-order valence-corrected chi connectivity index (χ0v) is 9.04. The lowest BCUT2D eigenvalue weighted by atomic mass is 10.1. The van der Waals surface area contributed by atoms with Crippen LogP contribution < -0.4 is 4.90 Å². The van der Waals surface area contributed by atoms with Crippen LogP contribution in [0.2, 0.25) is 0 Å². The number of halogens is 2. The van der Waals surface area contributed by atoms with Crippen molar-refractivity contribution in [2.75, 3.05) is 18.0 Å². The number of nitrogens with zero attached hydrogens (tertiary/aromatic N) is 1. The van der Waals surface area contributed by atoms with E-state index in [4.69, 9.17) is 0 Å². The van der Waals surface area contributed by atoms with Gasteiger partial charge in [-0.2, -0.15) is 0 Å². The lowest BCUT2D eigenvalue weighted by Crippen LogP contribution is -2.56. The summed E-state index contributed by atoms with van der Waals surface area (Å²) < 4.78 is 25.4. The minimum absolute atomic E-state index is 0.0751. The molecule has 16 heavy (non-hydrogen) atoms. The van der Waals surface area contributed by atoms with E-state index in [1.807, 2.05) is 6.07 Å². The molecular weight excluding hydrogens is 212 g/mol. The second-order valence-corrected chi connectivity index (χ2v) is 4.26. The molecule has 0 aliphatic carbocycles. The largest absolute Gasteiger partial charge is 0.359 e. The maximum Gasteiger partial charge on any atom is 0.282 e. The summed E-state index contributed by atoms with van der Waals surface area (Å²) in [6.07, 6.45) is 0.359. The van der Waals surface area contributed by atoms with E-state index in [1.54, 1.807) is 23.1 Å². The molecule has 1 aromatic carbocycles. The lowest BCUT2D eigenvalue weighted by Gasteiger charge is -2.40. The molecule has 0 amide bonds. The molecule has 1 fully saturated rings. The van der Waals surface area contributed by atoms with Crippen molar-refractivity contribution in [1.82, 2.24) is 0 Å². The van der Waals surface area contributed by atoms with Crippen molar-refractivity contribution >= 4 is 11.5 Å². The smallest absolute Gasteiger partial charge is 0.282 e. The van der Waals surface area contributed by atoms with E-state index < -0.39 is 5.92 Å². The average Bonchev–Trinajstić information content (AvgIpc) is 2.13. The summed E-state index contributed by atoms with van der Waals surface area (Å²) in [6, 6.07) is 7.22. The number of carbonyl (C=O) groups excluding carboxylic acids is 1. The van der Waals surface area contributed by atoms with Gasteiger partial charge in [0.2, 0.25) is 0 Å². The van der Waals surface area contributed by atoms with Crippen LogP contribution in [-0.2, 0) is 11.2 Å². The Morgan fingerprint density at radius 2 is 2.12 bits per heavy atom. The zero-order valence-electron chi connectivity index (χ0n) is 9.04. The molecule has 0 bridgehead atoms. The summed E-state index contributed by atoms with van der Waals surface area (Å²) in [5, 5.41) is 0. The molecule has 1 aliphatic rings. The number of alkyl halides is 2. The van der Waals surface area contributed by atoms with Crippen molar-refractivity contribution in [3.05, 3.63) is 29.8 Å². The molecule has 0 spiro atoms. The number of benzene rings is 1. The molecule has 0 aromatic heterocycles. The number of ketones is 1. The predicted octanol–water partition coefficient (Wildman–Crippen LogP) is 2.27. The Hall–Kier alpha value is -1.45. The SMILES string of the molecule is CC(=O)Cc1cccc(N2CC(F)(F)C2)c1. The first kappa shape index (κ1) is 11.0. The van der Waals surface area contributed by atoms with Gasteiger partial charge in [0.25, 0.3) is 5.92 Å². The van der Waals surface area contributed by atoms with Crippen molar-refractivity contribution in [2.45, 2.75) is 19.3 Å². The van der Waals surface area contributed by atoms with Gasteiger partial charge in [-0.05, 0) is 24.6 Å². The summed E-state index contributed by atoms with van der Waals surface area (Å²) in [7, 11) is 0. The summed E-state index contributed by atoms with van der Waals surface area (Å²) >= 11 is 0. The third-order valence-corrected chi connectivity index (χ3v) is 2.57. The molecule has 1 aromatic rings. The van der Waals surface area contributed by atoms with Crippen LogP contribution in [0.3, 0.4) is 0 Å². The van der Waals surface area contributed by atoms with Crippen LogP contribution in [0.25, 0.3) is 0 Å². The first-order valence-electron chi connectivity index (χ1n) is 5.17. The summed E-state index contributed by atoms with van der Waals surface area (Å²) in [5.74, 6) is -2.48. The van der Waals surface area contributed by atoms with Gasteiger partial charge in [0.1, 0.15) is 5.78 Å². The van der Waals surface area contributed by atoms with Crippen molar-refractivity contribution in [2.24, 2.45) is 0 Å². The second kappa shape index (κ2) is 3.85. The maximum absolute atomic E-state index is 12.7. The number of carbonyl (C=O) groups is 1. The van der Waals surface area contributed by atoms with Gasteiger partial charge in [0, 0.05) is 12.1 Å². The molecule has 0 atom stereocenters. The van der Waals surface area contributed by atoms with Gasteiger partial charge in [-0.25, -0.2) is 8.78 Å². The molecule has 0 N–H and O–H groups in total. The highest BCUT2D eigenvalue weighted by Crippen LogP contribution is 2.31. The fourth-order valence-corrected chi connectivity index (χ4v) is 1.85. The quantitative estimate of drug-likeness (QED) is 0.786. The number of hydrogen-bond donors (Lipinski definition) is 0. The number of rotatable bonds is 3. The Morgan fingerprint density at radius 1 is 1.44 bits per heavy atom. The molecule has 0 radical (unpaired) electrons. The first-order valence-corrected chi connectivity index (χ1v) is 5.17. The highest BCUT2D eigenvalue weighted by Gasteiger charge is 2.43. The third kappa shape index (κ3) is 2.38. The normalized spacial score (nSPS) is 18.1. The van der Waals surface area contributed by atoms with E-state index in [2.05, 4.69) is 0 Å². The number of Topliss-reactive ketones (excluding diaryl/α,β-unsaturated/α-hetero) is 1. The average molecular weight is 225 g/mol. The van der Waals surface area contributed by atoms with Crippen LogP contribution in [0, 0.1) is 0 Å². The van der Waals surface area contributed by atoms with Crippen LogP contribution in [0.1, 0.15) is 12.5 Å². The number of anilines is 1. The molecule has 4 heteroatoms. The van der Waals surface area contributed by atoms with Crippen LogP contribution in [0.4, 0.5) is 14.5 Å². The fraction of sp³-hybridized carbons (Fsp3) is 0.417. The highest BCUT2D eigenvalue weighted by atomic mass is 19.3. The lowest BCUT2D eigenvalue weighted by molar-refractivity contribution is -0.116. The maximum atomic E-state index is 12.7. The Balaban J connectivity index is 2.08. The van der Waals surface area contributed by atoms with E-state index in [1.165, 1.54) is 6.92 Å². The molecule has 1 aliphatic heterocycles. The van der Waals surface area contributed by atoms with E-state index in [0.29, 0.717) is 6.42 Å². The zero-order chi connectivity index (χ0) is 11.8. The van der Waals surface area contributed by atoms with Crippen molar-refractivity contribution in [3.8, 4) is 0 Å². The Kier molecular flexibility index (Phi) is 2.66. The number of hydrogen-bond acceptors (Lipinski definition) is 2. The van der Waals surface area contributed by atoms with E-state index >= 15 is 0 Å². The first-order chi connectivity index (χ1) is 7.46. The van der Waals surface area contributed by atoms with E-state index in [-0.39, 0.29) is 18.9 Å². The molecule has 0 unspecified atom stereocenters. The van der Waals surface area contributed by atoms with Crippen LogP contribution in [0.5, 0.6) is 0 Å². The van der Waals surface area contributed by atoms with Gasteiger partial charge in [-0.3, -0.25) is 4.79 Å². The van der Waals surface area contributed by atoms with Gasteiger partial charge >= 0.3 is 0 Å². The van der Waals surface area contributed by atoms with Crippen molar-refractivity contribution < 1.29 is 13.6 Å². The minimum Gasteiger partial charge on any atom is -0.359 e. The Labute approximate surface area is 92.9 Å². The molecule has 1 saturated heterocycles. The van der Waals surface area contributed by atoms with Gasteiger partial charge in [-0.1, -0.05) is 12.1 Å². The molecule has 2 nitrogen and oxygen atoms in total. The van der Waals surface area contributed by atoms with Crippen molar-refractivity contribution in [1.29, 1.82) is 0 Å². The van der Waals surface area contributed by atoms with Crippen molar-refractivity contribution in [3.63, 3.8) is 0 Å². The second-order valence-electron chi connectivity index (χ2n) is 4.26. The standard InChI is InChI=1S/C12H13F2NO/c1-9(16)5-10-3-2-4-11(6-10)15-7-12(13,14)8-15/h2-4,6H,5,7-8H2,1H3. The minimum atomic E-state index is -2.56. The summed E-state index contributed by atoms with van der Waals surface area (Å²) in [5.41, 5.74) is 1.64. The molecular formula is C12H13F2NO. The fourth-order valence-electron chi connectivity index (χ4n) is 1.85. The highest BCUT2D eigenvalue weighted by molar-refractivity contribution is 5.78. The van der Waals surface area contributed by atoms with Crippen LogP contribution >= 0.6 is 0 Å².